The molecule has 4 nitrogen and oxygen atoms in total. The zero-order valence-corrected chi connectivity index (χ0v) is 14.6. The van der Waals surface area contributed by atoms with Gasteiger partial charge in [0.15, 0.2) is 0 Å². The Bertz CT molecular complexity index is 507. The predicted molar refractivity (Wildman–Crippen MR) is 85.6 cm³/mol. The molecule has 0 radical (unpaired) electrons. The maximum absolute atomic E-state index is 12.4. The first-order chi connectivity index (χ1) is 9.23. The summed E-state index contributed by atoms with van der Waals surface area (Å²) in [5.41, 5.74) is 0. The molecule has 0 amide bonds. The highest BCUT2D eigenvalue weighted by atomic mass is 32.2. The van der Waals surface area contributed by atoms with Crippen LogP contribution in [0.2, 0.25) is 0 Å². The average Bonchev–Trinajstić information content (AvgIpc) is 2.82. The fourth-order valence-electron chi connectivity index (χ4n) is 1.63. The summed E-state index contributed by atoms with van der Waals surface area (Å²) in [5, 5.41) is 5.03. The Hall–Kier alpha value is -0.430. The van der Waals surface area contributed by atoms with Crippen molar-refractivity contribution in [3.63, 3.8) is 0 Å². The first kappa shape index (κ1) is 17.6. The normalized spacial score (nSPS) is 12.8. The van der Waals surface area contributed by atoms with E-state index in [0.29, 0.717) is 29.9 Å². The molecule has 0 saturated heterocycles. The summed E-state index contributed by atoms with van der Waals surface area (Å²) in [6, 6.07) is 2.17. The topological polar surface area (TPSA) is 49.4 Å². The zero-order chi connectivity index (χ0) is 15.3. The van der Waals surface area contributed by atoms with Gasteiger partial charge in [0.05, 0.1) is 4.90 Å². The molecule has 116 valence electrons. The number of nitrogens with zero attached hydrogens (tertiary/aromatic N) is 1. The van der Waals surface area contributed by atoms with Gasteiger partial charge < -0.3 is 5.32 Å². The SMILES string of the molecule is CC(C)CCN(C)S(=O)(=O)c1csc(CNC(C)C)c1. The van der Waals surface area contributed by atoms with Gasteiger partial charge in [0.1, 0.15) is 0 Å². The molecule has 1 heterocycles. The van der Waals surface area contributed by atoms with Crippen LogP contribution in [0.5, 0.6) is 0 Å². The Kier molecular flexibility index (Phi) is 6.64. The van der Waals surface area contributed by atoms with E-state index in [1.54, 1.807) is 18.5 Å². The molecule has 0 saturated carbocycles. The molecule has 0 atom stereocenters. The highest BCUT2D eigenvalue weighted by Gasteiger charge is 2.22. The second-order valence-electron chi connectivity index (χ2n) is 5.79. The van der Waals surface area contributed by atoms with Crippen LogP contribution in [0.25, 0.3) is 0 Å². The molecule has 1 N–H and O–H groups in total. The average molecular weight is 319 g/mol. The molecule has 0 unspecified atom stereocenters. The van der Waals surface area contributed by atoms with Gasteiger partial charge in [-0.1, -0.05) is 27.7 Å². The lowest BCUT2D eigenvalue weighted by Crippen LogP contribution is -2.28. The van der Waals surface area contributed by atoms with Gasteiger partial charge in [-0.25, -0.2) is 12.7 Å². The molecule has 0 aromatic carbocycles. The molecule has 0 aliphatic rings. The predicted octanol–water partition coefficient (Wildman–Crippen LogP) is 2.91. The molecule has 1 rings (SSSR count). The molecule has 0 spiro atoms. The van der Waals surface area contributed by atoms with E-state index in [4.69, 9.17) is 0 Å². The molecule has 0 fully saturated rings. The van der Waals surface area contributed by atoms with Crippen molar-refractivity contribution < 1.29 is 8.42 Å². The smallest absolute Gasteiger partial charge is 0.243 e. The molecule has 1 aromatic heterocycles. The minimum atomic E-state index is -3.34. The Morgan fingerprint density at radius 2 is 1.95 bits per heavy atom. The van der Waals surface area contributed by atoms with Gasteiger partial charge in [0, 0.05) is 36.4 Å². The van der Waals surface area contributed by atoms with Crippen molar-refractivity contribution in [2.75, 3.05) is 13.6 Å². The Morgan fingerprint density at radius 3 is 2.50 bits per heavy atom. The summed E-state index contributed by atoms with van der Waals surface area (Å²) in [4.78, 5) is 1.46. The van der Waals surface area contributed by atoms with Gasteiger partial charge in [0.25, 0.3) is 0 Å². The minimum absolute atomic E-state index is 0.394. The monoisotopic (exact) mass is 318 g/mol. The molecule has 0 bridgehead atoms. The third kappa shape index (κ3) is 5.16. The molecular weight excluding hydrogens is 292 g/mol. The Labute approximate surface area is 127 Å². The second-order valence-corrected chi connectivity index (χ2v) is 8.83. The quantitative estimate of drug-likeness (QED) is 0.802. The van der Waals surface area contributed by atoms with Crippen molar-refractivity contribution >= 4 is 21.4 Å². The molecule has 0 aliphatic heterocycles. The molecule has 20 heavy (non-hydrogen) atoms. The van der Waals surface area contributed by atoms with E-state index in [1.807, 2.05) is 0 Å². The third-order valence-corrected chi connectivity index (χ3v) is 5.96. The second kappa shape index (κ2) is 7.54. The number of hydrogen-bond donors (Lipinski definition) is 1. The van der Waals surface area contributed by atoms with E-state index in [2.05, 4.69) is 33.0 Å². The maximum Gasteiger partial charge on any atom is 0.243 e. The lowest BCUT2D eigenvalue weighted by atomic mass is 10.1. The zero-order valence-electron chi connectivity index (χ0n) is 13.0. The van der Waals surface area contributed by atoms with Crippen molar-refractivity contribution in [2.45, 2.75) is 51.6 Å². The van der Waals surface area contributed by atoms with Crippen LogP contribution in [0, 0.1) is 5.92 Å². The Balaban J connectivity index is 2.72. The van der Waals surface area contributed by atoms with Crippen LogP contribution in [0.3, 0.4) is 0 Å². The van der Waals surface area contributed by atoms with E-state index in [1.165, 1.54) is 15.6 Å². The molecular formula is C14H26N2O2S2. The van der Waals surface area contributed by atoms with Gasteiger partial charge in [-0.2, -0.15) is 0 Å². The lowest BCUT2D eigenvalue weighted by Gasteiger charge is -2.17. The number of sulfonamides is 1. The largest absolute Gasteiger partial charge is 0.310 e. The van der Waals surface area contributed by atoms with Gasteiger partial charge in [0.2, 0.25) is 10.0 Å². The van der Waals surface area contributed by atoms with Crippen molar-refractivity contribution in [2.24, 2.45) is 5.92 Å². The summed E-state index contributed by atoms with van der Waals surface area (Å²) in [6.07, 6.45) is 0.877. The van der Waals surface area contributed by atoms with Gasteiger partial charge in [-0.05, 0) is 18.4 Å². The lowest BCUT2D eigenvalue weighted by molar-refractivity contribution is 0.428. The summed E-state index contributed by atoms with van der Waals surface area (Å²) in [5.74, 6) is 0.501. The van der Waals surface area contributed by atoms with Crippen molar-refractivity contribution in [1.82, 2.24) is 9.62 Å². The van der Waals surface area contributed by atoms with Crippen LogP contribution >= 0.6 is 11.3 Å². The highest BCUT2D eigenvalue weighted by molar-refractivity contribution is 7.89. The van der Waals surface area contributed by atoms with Gasteiger partial charge in [-0.15, -0.1) is 11.3 Å². The molecule has 1 aromatic rings. The number of nitrogens with one attached hydrogen (secondary N) is 1. The van der Waals surface area contributed by atoms with Crippen molar-refractivity contribution in [3.05, 3.63) is 16.3 Å². The maximum atomic E-state index is 12.4. The molecule has 6 heteroatoms. The standard InChI is InChI=1S/C14H26N2O2S2/c1-11(2)6-7-16(5)20(17,18)14-8-13(19-10-14)9-15-12(3)4/h8,10-12,15H,6-7,9H2,1-5H3. The van der Waals surface area contributed by atoms with Crippen LogP contribution in [-0.4, -0.2) is 32.4 Å². The van der Waals surface area contributed by atoms with Crippen LogP contribution in [-0.2, 0) is 16.6 Å². The first-order valence-electron chi connectivity index (χ1n) is 7.00. The van der Waals surface area contributed by atoms with E-state index < -0.39 is 10.0 Å². The third-order valence-electron chi connectivity index (χ3n) is 3.04. The van der Waals surface area contributed by atoms with Gasteiger partial charge in [-0.3, -0.25) is 0 Å². The minimum Gasteiger partial charge on any atom is -0.310 e. The fourth-order valence-corrected chi connectivity index (χ4v) is 4.03. The van der Waals surface area contributed by atoms with Crippen LogP contribution < -0.4 is 5.32 Å². The first-order valence-corrected chi connectivity index (χ1v) is 9.32. The van der Waals surface area contributed by atoms with E-state index in [0.717, 1.165) is 11.3 Å². The van der Waals surface area contributed by atoms with Crippen LogP contribution in [0.15, 0.2) is 16.3 Å². The van der Waals surface area contributed by atoms with E-state index in [9.17, 15) is 8.42 Å². The van der Waals surface area contributed by atoms with Crippen LogP contribution in [0.4, 0.5) is 0 Å². The highest BCUT2D eigenvalue weighted by Crippen LogP contribution is 2.22. The fraction of sp³-hybridized carbons (Fsp3) is 0.714. The Morgan fingerprint density at radius 1 is 1.30 bits per heavy atom. The van der Waals surface area contributed by atoms with Crippen molar-refractivity contribution in [1.29, 1.82) is 0 Å². The summed E-state index contributed by atoms with van der Waals surface area (Å²) in [7, 11) is -1.68. The van der Waals surface area contributed by atoms with Crippen LogP contribution in [0.1, 0.15) is 39.0 Å². The van der Waals surface area contributed by atoms with E-state index >= 15 is 0 Å². The summed E-state index contributed by atoms with van der Waals surface area (Å²) >= 11 is 1.49. The van der Waals surface area contributed by atoms with E-state index in [-0.39, 0.29) is 0 Å². The number of rotatable bonds is 8. The van der Waals surface area contributed by atoms with Crippen molar-refractivity contribution in [3.8, 4) is 0 Å². The molecule has 0 aliphatic carbocycles. The number of thiophene rings is 1. The summed E-state index contributed by atoms with van der Waals surface area (Å²) in [6.45, 7) is 9.63. The summed E-state index contributed by atoms with van der Waals surface area (Å²) < 4.78 is 26.3. The number of hydrogen-bond acceptors (Lipinski definition) is 4. The van der Waals surface area contributed by atoms with Gasteiger partial charge >= 0.3 is 0 Å².